The minimum atomic E-state index is -0.0538. The van der Waals surface area contributed by atoms with E-state index in [1.165, 1.54) is 12.8 Å². The van der Waals surface area contributed by atoms with Crippen molar-refractivity contribution in [3.8, 4) is 0 Å². The second-order valence-electron chi connectivity index (χ2n) is 5.84. The van der Waals surface area contributed by atoms with Gasteiger partial charge < -0.3 is 16.0 Å². The first-order chi connectivity index (χ1) is 10.0. The molecule has 5 nitrogen and oxygen atoms in total. The molecule has 0 atom stereocenters. The van der Waals surface area contributed by atoms with Gasteiger partial charge in [0.15, 0.2) is 0 Å². The zero-order valence-electron chi connectivity index (χ0n) is 12.6. The number of carbonyl (C=O) groups is 2. The van der Waals surface area contributed by atoms with Crippen LogP contribution in [0.2, 0.25) is 0 Å². The number of benzene rings is 1. The second kappa shape index (κ2) is 7.22. The van der Waals surface area contributed by atoms with Gasteiger partial charge in [-0.1, -0.05) is 13.8 Å². The third-order valence-corrected chi connectivity index (χ3v) is 3.38. The Morgan fingerprint density at radius 1 is 1.10 bits per heavy atom. The second-order valence-corrected chi connectivity index (χ2v) is 5.84. The first-order valence-corrected chi connectivity index (χ1v) is 7.46. The number of hydrogen-bond acceptors (Lipinski definition) is 3. The van der Waals surface area contributed by atoms with Crippen molar-refractivity contribution < 1.29 is 9.59 Å². The quantitative estimate of drug-likeness (QED) is 0.721. The Morgan fingerprint density at radius 3 is 2.19 bits per heavy atom. The molecule has 0 aliphatic heterocycles. The van der Waals surface area contributed by atoms with Crippen LogP contribution >= 0.6 is 0 Å². The Hall–Kier alpha value is -1.88. The van der Waals surface area contributed by atoms with Crippen LogP contribution in [0.5, 0.6) is 0 Å². The van der Waals surface area contributed by atoms with Crippen LogP contribution in [0.4, 0.5) is 11.4 Å². The van der Waals surface area contributed by atoms with Gasteiger partial charge in [-0.3, -0.25) is 9.59 Å². The van der Waals surface area contributed by atoms with E-state index in [4.69, 9.17) is 0 Å². The summed E-state index contributed by atoms with van der Waals surface area (Å²) in [6.45, 7) is 4.95. The highest BCUT2D eigenvalue weighted by atomic mass is 16.2. The van der Waals surface area contributed by atoms with E-state index < -0.39 is 0 Å². The molecule has 1 fully saturated rings. The molecule has 0 aromatic heterocycles. The summed E-state index contributed by atoms with van der Waals surface area (Å²) in [7, 11) is 0. The third-order valence-electron chi connectivity index (χ3n) is 3.38. The number of hydrogen-bond donors (Lipinski definition) is 3. The van der Waals surface area contributed by atoms with Gasteiger partial charge in [0, 0.05) is 17.3 Å². The normalized spacial score (nSPS) is 14.0. The van der Waals surface area contributed by atoms with Crippen LogP contribution in [-0.2, 0) is 9.59 Å². The van der Waals surface area contributed by atoms with Crippen molar-refractivity contribution in [2.75, 3.05) is 23.7 Å². The summed E-state index contributed by atoms with van der Waals surface area (Å²) in [5, 5.41) is 8.79. The Kier molecular flexibility index (Phi) is 5.33. The fraction of sp³-hybridized carbons (Fsp3) is 0.500. The van der Waals surface area contributed by atoms with Crippen molar-refractivity contribution in [3.05, 3.63) is 24.3 Å². The molecule has 0 heterocycles. The molecule has 0 radical (unpaired) electrons. The van der Waals surface area contributed by atoms with Gasteiger partial charge in [-0.05, 0) is 49.6 Å². The minimum absolute atomic E-state index is 0.0175. The highest BCUT2D eigenvalue weighted by Gasteiger charge is 2.20. The molecule has 0 unspecified atom stereocenters. The predicted molar refractivity (Wildman–Crippen MR) is 84.1 cm³/mol. The summed E-state index contributed by atoms with van der Waals surface area (Å²) >= 11 is 0. The van der Waals surface area contributed by atoms with Crippen molar-refractivity contribution in [2.24, 2.45) is 11.8 Å². The summed E-state index contributed by atoms with van der Waals surface area (Å²) in [6.07, 6.45) is 2.55. The van der Waals surface area contributed by atoms with Crippen molar-refractivity contribution in [1.29, 1.82) is 0 Å². The van der Waals surface area contributed by atoms with E-state index in [1.54, 1.807) is 24.3 Å². The number of carbonyl (C=O) groups excluding carboxylic acids is 2. The van der Waals surface area contributed by atoms with Crippen LogP contribution in [0, 0.1) is 11.8 Å². The number of rotatable bonds is 7. The maximum Gasteiger partial charge on any atom is 0.238 e. The van der Waals surface area contributed by atoms with Gasteiger partial charge in [-0.15, -0.1) is 0 Å². The van der Waals surface area contributed by atoms with E-state index in [1.807, 2.05) is 13.8 Å². The number of anilines is 2. The Balaban J connectivity index is 1.75. The van der Waals surface area contributed by atoms with Crippen LogP contribution in [0.25, 0.3) is 0 Å². The van der Waals surface area contributed by atoms with E-state index in [0.29, 0.717) is 6.54 Å². The zero-order valence-corrected chi connectivity index (χ0v) is 12.6. The zero-order chi connectivity index (χ0) is 15.2. The molecule has 2 amide bonds. The smallest absolute Gasteiger partial charge is 0.238 e. The van der Waals surface area contributed by atoms with Crippen molar-refractivity contribution >= 4 is 23.2 Å². The third kappa shape index (κ3) is 5.55. The predicted octanol–water partition coefficient (Wildman–Crippen LogP) is 2.22. The first kappa shape index (κ1) is 15.5. The Bertz CT molecular complexity index is 493. The topological polar surface area (TPSA) is 70.2 Å². The minimum Gasteiger partial charge on any atom is -0.326 e. The molecule has 21 heavy (non-hydrogen) atoms. The van der Waals surface area contributed by atoms with Crippen LogP contribution in [0.1, 0.15) is 26.7 Å². The van der Waals surface area contributed by atoms with Gasteiger partial charge in [-0.2, -0.15) is 0 Å². The Morgan fingerprint density at radius 2 is 1.67 bits per heavy atom. The molecule has 2 rings (SSSR count). The fourth-order valence-corrected chi connectivity index (χ4v) is 1.84. The van der Waals surface area contributed by atoms with E-state index in [0.717, 1.165) is 23.8 Å². The van der Waals surface area contributed by atoms with Gasteiger partial charge in [0.05, 0.1) is 6.54 Å². The highest BCUT2D eigenvalue weighted by Crippen LogP contribution is 2.27. The summed E-state index contributed by atoms with van der Waals surface area (Å²) in [5.74, 6) is 0.647. The molecule has 0 saturated heterocycles. The maximum atomic E-state index is 11.7. The lowest BCUT2D eigenvalue weighted by atomic mass is 10.2. The average Bonchev–Trinajstić information content (AvgIpc) is 3.25. The van der Waals surface area contributed by atoms with Crippen molar-refractivity contribution in [3.63, 3.8) is 0 Å². The largest absolute Gasteiger partial charge is 0.326 e. The summed E-state index contributed by atoms with van der Waals surface area (Å²) in [6, 6.07) is 7.14. The maximum absolute atomic E-state index is 11.7. The van der Waals surface area contributed by atoms with Gasteiger partial charge in [0.2, 0.25) is 11.8 Å². The lowest BCUT2D eigenvalue weighted by Crippen LogP contribution is -2.29. The summed E-state index contributed by atoms with van der Waals surface area (Å²) in [4.78, 5) is 23.3. The lowest BCUT2D eigenvalue weighted by molar-refractivity contribution is -0.119. The molecular formula is C16H23N3O2. The average molecular weight is 289 g/mol. The SMILES string of the molecule is CC(C)C(=O)Nc1ccc(NC(=O)CNCC2CC2)cc1. The van der Waals surface area contributed by atoms with Crippen molar-refractivity contribution in [2.45, 2.75) is 26.7 Å². The molecule has 5 heteroatoms. The first-order valence-electron chi connectivity index (χ1n) is 7.46. The fourth-order valence-electron chi connectivity index (χ4n) is 1.84. The Labute approximate surface area is 125 Å². The molecule has 1 aromatic carbocycles. The summed E-state index contributed by atoms with van der Waals surface area (Å²) < 4.78 is 0. The van der Waals surface area contributed by atoms with E-state index in [9.17, 15) is 9.59 Å². The van der Waals surface area contributed by atoms with Gasteiger partial charge in [0.1, 0.15) is 0 Å². The molecule has 0 spiro atoms. The van der Waals surface area contributed by atoms with Gasteiger partial charge in [-0.25, -0.2) is 0 Å². The van der Waals surface area contributed by atoms with Gasteiger partial charge >= 0.3 is 0 Å². The molecule has 1 aliphatic carbocycles. The molecule has 1 saturated carbocycles. The monoisotopic (exact) mass is 289 g/mol. The van der Waals surface area contributed by atoms with Gasteiger partial charge in [0.25, 0.3) is 0 Å². The van der Waals surface area contributed by atoms with E-state index in [-0.39, 0.29) is 17.7 Å². The molecule has 1 aliphatic rings. The highest BCUT2D eigenvalue weighted by molar-refractivity contribution is 5.94. The molecule has 1 aromatic rings. The molecular weight excluding hydrogens is 266 g/mol. The number of amides is 2. The van der Waals surface area contributed by atoms with Crippen LogP contribution < -0.4 is 16.0 Å². The van der Waals surface area contributed by atoms with Crippen LogP contribution in [-0.4, -0.2) is 24.9 Å². The van der Waals surface area contributed by atoms with E-state index in [2.05, 4.69) is 16.0 Å². The lowest BCUT2D eigenvalue weighted by Gasteiger charge is -2.09. The standard InChI is InChI=1S/C16H23N3O2/c1-11(2)16(21)19-14-7-5-13(6-8-14)18-15(20)10-17-9-12-3-4-12/h5-8,11-12,17H,3-4,9-10H2,1-2H3,(H,18,20)(H,19,21). The summed E-state index contributed by atoms with van der Waals surface area (Å²) in [5.41, 5.74) is 1.47. The van der Waals surface area contributed by atoms with Crippen molar-refractivity contribution in [1.82, 2.24) is 5.32 Å². The van der Waals surface area contributed by atoms with Crippen LogP contribution in [0.15, 0.2) is 24.3 Å². The molecule has 114 valence electrons. The van der Waals surface area contributed by atoms with E-state index >= 15 is 0 Å². The number of nitrogens with one attached hydrogen (secondary N) is 3. The molecule has 0 bridgehead atoms. The van der Waals surface area contributed by atoms with Crippen LogP contribution in [0.3, 0.4) is 0 Å². The molecule has 3 N–H and O–H groups in total.